The maximum atomic E-state index is 12.9. The van der Waals surface area contributed by atoms with Gasteiger partial charge in [0, 0.05) is 0 Å². The summed E-state index contributed by atoms with van der Waals surface area (Å²) in [5, 5.41) is 0.786. The second-order valence-electron chi connectivity index (χ2n) is 5.87. The summed E-state index contributed by atoms with van der Waals surface area (Å²) in [5.74, 6) is 1.07. The summed E-state index contributed by atoms with van der Waals surface area (Å²) in [6.07, 6.45) is 2.69. The zero-order valence-electron chi connectivity index (χ0n) is 15.2. The summed E-state index contributed by atoms with van der Waals surface area (Å²) in [6, 6.07) is 10.5. The average molecular weight is 454 g/mol. The maximum absolute atomic E-state index is 12.9. The number of amides is 1. The number of anilines is 1. The fourth-order valence-corrected chi connectivity index (χ4v) is 4.16. The molecule has 1 aliphatic heterocycles. The Kier molecular flexibility index (Phi) is 6.88. The molecule has 4 nitrogen and oxygen atoms in total. The van der Waals surface area contributed by atoms with Crippen molar-refractivity contribution in [1.29, 1.82) is 0 Å². The molecule has 0 atom stereocenters. The number of hydrogen-bond donors (Lipinski definition) is 0. The molecule has 3 rings (SSSR count). The first kappa shape index (κ1) is 21.0. The van der Waals surface area contributed by atoms with Gasteiger partial charge in [0.15, 0.2) is 15.8 Å². The van der Waals surface area contributed by atoms with Crippen molar-refractivity contribution in [2.75, 3.05) is 18.6 Å². The molecule has 28 heavy (non-hydrogen) atoms. The number of thiocarbonyl (C=S) groups is 1. The van der Waals surface area contributed by atoms with Crippen molar-refractivity contribution in [3.05, 3.63) is 56.9 Å². The van der Waals surface area contributed by atoms with Crippen LogP contribution in [0, 0.1) is 0 Å². The Balaban J connectivity index is 1.88. The van der Waals surface area contributed by atoms with Crippen LogP contribution in [0.15, 0.2) is 41.3 Å². The van der Waals surface area contributed by atoms with Crippen LogP contribution in [0.2, 0.25) is 10.0 Å². The van der Waals surface area contributed by atoms with Gasteiger partial charge in [-0.15, -0.1) is 0 Å². The second-order valence-corrected chi connectivity index (χ2v) is 8.36. The SMILES string of the molecule is CCCOc1ccc(/C=C2/SC(=S)N(c3ccc(Cl)c(Cl)c3)C2=O)cc1OC. The van der Waals surface area contributed by atoms with Crippen LogP contribution in [-0.2, 0) is 4.79 Å². The number of benzene rings is 2. The number of thioether (sulfide) groups is 1. The Morgan fingerprint density at radius 2 is 1.93 bits per heavy atom. The lowest BCUT2D eigenvalue weighted by atomic mass is 10.2. The summed E-state index contributed by atoms with van der Waals surface area (Å²) < 4.78 is 11.5. The fraction of sp³-hybridized carbons (Fsp3) is 0.200. The molecule has 0 bridgehead atoms. The number of methoxy groups -OCH3 is 1. The lowest BCUT2D eigenvalue weighted by Crippen LogP contribution is -2.27. The van der Waals surface area contributed by atoms with Crippen molar-refractivity contribution < 1.29 is 14.3 Å². The first-order chi connectivity index (χ1) is 13.4. The Hall–Kier alpha value is -1.73. The first-order valence-corrected chi connectivity index (χ1v) is 10.5. The largest absolute Gasteiger partial charge is 0.493 e. The monoisotopic (exact) mass is 453 g/mol. The van der Waals surface area contributed by atoms with Gasteiger partial charge in [0.25, 0.3) is 5.91 Å². The van der Waals surface area contributed by atoms with Crippen molar-refractivity contribution >= 4 is 69.2 Å². The maximum Gasteiger partial charge on any atom is 0.270 e. The van der Waals surface area contributed by atoms with E-state index in [0.29, 0.717) is 43.1 Å². The molecule has 0 aliphatic carbocycles. The van der Waals surface area contributed by atoms with E-state index in [9.17, 15) is 4.79 Å². The van der Waals surface area contributed by atoms with Gasteiger partial charge in [-0.1, -0.05) is 60.2 Å². The molecule has 0 N–H and O–H groups in total. The molecule has 1 fully saturated rings. The van der Waals surface area contributed by atoms with Gasteiger partial charge in [-0.2, -0.15) is 0 Å². The van der Waals surface area contributed by atoms with Crippen LogP contribution in [-0.4, -0.2) is 23.9 Å². The lowest BCUT2D eigenvalue weighted by Gasteiger charge is -2.15. The number of hydrogen-bond acceptors (Lipinski definition) is 5. The molecule has 0 radical (unpaired) electrons. The van der Waals surface area contributed by atoms with Crippen LogP contribution < -0.4 is 14.4 Å². The minimum absolute atomic E-state index is 0.210. The van der Waals surface area contributed by atoms with Crippen molar-refractivity contribution in [1.82, 2.24) is 0 Å². The zero-order valence-corrected chi connectivity index (χ0v) is 18.3. The smallest absolute Gasteiger partial charge is 0.270 e. The van der Waals surface area contributed by atoms with E-state index in [4.69, 9.17) is 44.9 Å². The van der Waals surface area contributed by atoms with Gasteiger partial charge in [0.2, 0.25) is 0 Å². The topological polar surface area (TPSA) is 38.8 Å². The highest BCUT2D eigenvalue weighted by Gasteiger charge is 2.33. The molecule has 1 saturated heterocycles. The van der Waals surface area contributed by atoms with Crippen LogP contribution in [0.5, 0.6) is 11.5 Å². The van der Waals surface area contributed by atoms with Gasteiger partial charge in [0.1, 0.15) is 0 Å². The van der Waals surface area contributed by atoms with Crippen molar-refractivity contribution in [2.45, 2.75) is 13.3 Å². The summed E-state index contributed by atoms with van der Waals surface area (Å²) >= 11 is 18.7. The normalized spacial score (nSPS) is 15.4. The lowest BCUT2D eigenvalue weighted by molar-refractivity contribution is -0.113. The summed E-state index contributed by atoms with van der Waals surface area (Å²) in [6.45, 7) is 2.65. The van der Waals surface area contributed by atoms with E-state index in [1.807, 2.05) is 25.1 Å². The van der Waals surface area contributed by atoms with Crippen LogP contribution >= 0.6 is 47.2 Å². The highest BCUT2D eigenvalue weighted by Crippen LogP contribution is 2.38. The van der Waals surface area contributed by atoms with E-state index in [0.717, 1.165) is 12.0 Å². The molecule has 0 unspecified atom stereocenters. The van der Waals surface area contributed by atoms with E-state index in [1.165, 1.54) is 16.7 Å². The summed E-state index contributed by atoms with van der Waals surface area (Å²) in [5.41, 5.74) is 1.40. The molecule has 2 aromatic carbocycles. The first-order valence-electron chi connectivity index (χ1n) is 8.48. The van der Waals surface area contributed by atoms with Gasteiger partial charge in [-0.05, 0) is 48.4 Å². The molecule has 0 saturated carbocycles. The molecule has 2 aromatic rings. The van der Waals surface area contributed by atoms with Crippen molar-refractivity contribution in [3.63, 3.8) is 0 Å². The van der Waals surface area contributed by atoms with Crippen LogP contribution in [0.25, 0.3) is 6.08 Å². The summed E-state index contributed by atoms with van der Waals surface area (Å²) in [4.78, 5) is 14.9. The second kappa shape index (κ2) is 9.18. The molecule has 0 aromatic heterocycles. The molecular formula is C20H17Cl2NO3S2. The van der Waals surface area contributed by atoms with Crippen LogP contribution in [0.4, 0.5) is 5.69 Å². The van der Waals surface area contributed by atoms with Gasteiger partial charge in [-0.25, -0.2) is 0 Å². The Labute approximate surface area is 183 Å². The molecule has 146 valence electrons. The van der Waals surface area contributed by atoms with E-state index in [-0.39, 0.29) is 5.91 Å². The predicted octanol–water partition coefficient (Wildman–Crippen LogP) is 6.20. The number of ether oxygens (including phenoxy) is 2. The highest BCUT2D eigenvalue weighted by atomic mass is 35.5. The quantitative estimate of drug-likeness (QED) is 0.384. The van der Waals surface area contributed by atoms with Gasteiger partial charge in [-0.3, -0.25) is 9.69 Å². The van der Waals surface area contributed by atoms with E-state index >= 15 is 0 Å². The fourth-order valence-electron chi connectivity index (χ4n) is 2.57. The Bertz CT molecular complexity index is 962. The number of nitrogens with zero attached hydrogens (tertiary/aromatic N) is 1. The minimum Gasteiger partial charge on any atom is -0.493 e. The minimum atomic E-state index is -0.210. The molecular weight excluding hydrogens is 437 g/mol. The van der Waals surface area contributed by atoms with Gasteiger partial charge >= 0.3 is 0 Å². The Morgan fingerprint density at radius 1 is 1.14 bits per heavy atom. The zero-order chi connectivity index (χ0) is 20.3. The molecule has 1 aliphatic rings. The standard InChI is InChI=1S/C20H17Cl2NO3S2/c1-3-8-26-16-7-4-12(9-17(16)25-2)10-18-19(24)23(20(27)28-18)13-5-6-14(21)15(22)11-13/h4-7,9-11H,3,8H2,1-2H3/b18-10+. The van der Waals surface area contributed by atoms with E-state index in [2.05, 4.69) is 0 Å². The van der Waals surface area contributed by atoms with Gasteiger partial charge < -0.3 is 9.47 Å². The van der Waals surface area contributed by atoms with Gasteiger partial charge in [0.05, 0.1) is 34.4 Å². The summed E-state index contributed by atoms with van der Waals surface area (Å²) in [7, 11) is 1.58. The van der Waals surface area contributed by atoms with Crippen molar-refractivity contribution in [2.24, 2.45) is 0 Å². The molecule has 0 spiro atoms. The predicted molar refractivity (Wildman–Crippen MR) is 121 cm³/mol. The number of halogens is 2. The van der Waals surface area contributed by atoms with Crippen LogP contribution in [0.3, 0.4) is 0 Å². The molecule has 1 heterocycles. The molecule has 8 heteroatoms. The third kappa shape index (κ3) is 4.46. The van der Waals surface area contributed by atoms with Crippen molar-refractivity contribution in [3.8, 4) is 11.5 Å². The van der Waals surface area contributed by atoms with Crippen LogP contribution in [0.1, 0.15) is 18.9 Å². The average Bonchev–Trinajstić information content (AvgIpc) is 2.96. The highest BCUT2D eigenvalue weighted by molar-refractivity contribution is 8.27. The van der Waals surface area contributed by atoms with E-state index in [1.54, 1.807) is 31.4 Å². The third-order valence-electron chi connectivity index (χ3n) is 3.90. The third-order valence-corrected chi connectivity index (χ3v) is 5.94. The number of carbonyl (C=O) groups excluding carboxylic acids is 1. The Morgan fingerprint density at radius 3 is 2.61 bits per heavy atom. The molecule has 1 amide bonds. The number of carbonyl (C=O) groups is 1. The van der Waals surface area contributed by atoms with E-state index < -0.39 is 0 Å². The number of rotatable bonds is 6.